The van der Waals surface area contributed by atoms with Crippen LogP contribution in [0.15, 0.2) is 58.5 Å². The smallest absolute Gasteiger partial charge is 0.318 e. The number of ether oxygens (including phenoxy) is 1. The van der Waals surface area contributed by atoms with Gasteiger partial charge in [-0.25, -0.2) is 9.18 Å². The third kappa shape index (κ3) is 4.89. The zero-order valence-corrected chi connectivity index (χ0v) is 16.0. The van der Waals surface area contributed by atoms with E-state index < -0.39 is 5.82 Å². The molecule has 0 radical (unpaired) electrons. The highest BCUT2D eigenvalue weighted by Crippen LogP contribution is 2.22. The van der Waals surface area contributed by atoms with Crippen LogP contribution in [0.2, 0.25) is 0 Å². The molecule has 27 heavy (non-hydrogen) atoms. The van der Waals surface area contributed by atoms with E-state index in [4.69, 9.17) is 9.15 Å². The second kappa shape index (κ2) is 8.73. The maximum Gasteiger partial charge on any atom is 0.318 e. The van der Waals surface area contributed by atoms with E-state index in [-0.39, 0.29) is 17.8 Å². The molecule has 142 valence electrons. The van der Waals surface area contributed by atoms with E-state index >= 15 is 0 Å². The molecule has 0 bridgehead atoms. The SMILES string of the molecule is COc1ccc([C@@H](C)NC(=O)N(Cc2ccco2)Cc2cccs2)cc1F. The Morgan fingerprint density at radius 1 is 1.30 bits per heavy atom. The molecule has 5 nitrogen and oxygen atoms in total. The summed E-state index contributed by atoms with van der Waals surface area (Å²) in [5.41, 5.74) is 0.663. The molecule has 3 aromatic rings. The second-order valence-electron chi connectivity index (χ2n) is 6.08. The molecule has 0 aliphatic carbocycles. The van der Waals surface area contributed by atoms with Crippen LogP contribution in [0.25, 0.3) is 0 Å². The molecule has 0 fully saturated rings. The number of methoxy groups -OCH3 is 1. The molecule has 0 saturated heterocycles. The summed E-state index contributed by atoms with van der Waals surface area (Å²) in [6.07, 6.45) is 1.58. The van der Waals surface area contributed by atoms with Crippen LogP contribution in [-0.2, 0) is 13.1 Å². The number of thiophene rings is 1. The normalized spacial score (nSPS) is 11.8. The lowest BCUT2D eigenvalue weighted by atomic mass is 10.1. The minimum absolute atomic E-state index is 0.175. The Hall–Kier alpha value is -2.80. The van der Waals surface area contributed by atoms with Gasteiger partial charge in [0.2, 0.25) is 0 Å². The number of furan rings is 1. The monoisotopic (exact) mass is 388 g/mol. The van der Waals surface area contributed by atoms with E-state index in [1.54, 1.807) is 40.7 Å². The number of nitrogens with zero attached hydrogens (tertiary/aromatic N) is 1. The molecule has 0 aliphatic heterocycles. The molecule has 7 heteroatoms. The van der Waals surface area contributed by atoms with Crippen molar-refractivity contribution in [3.63, 3.8) is 0 Å². The van der Waals surface area contributed by atoms with Gasteiger partial charge in [0.15, 0.2) is 11.6 Å². The maximum absolute atomic E-state index is 14.0. The third-order valence-electron chi connectivity index (χ3n) is 4.16. The number of nitrogens with one attached hydrogen (secondary N) is 1. The van der Waals surface area contributed by atoms with E-state index in [9.17, 15) is 9.18 Å². The summed E-state index contributed by atoms with van der Waals surface area (Å²) < 4.78 is 24.3. The molecule has 2 heterocycles. The van der Waals surface area contributed by atoms with Crippen molar-refractivity contribution < 1.29 is 18.3 Å². The van der Waals surface area contributed by atoms with Crippen LogP contribution in [0.5, 0.6) is 5.75 Å². The van der Waals surface area contributed by atoms with Crippen LogP contribution in [-0.4, -0.2) is 18.0 Å². The van der Waals surface area contributed by atoms with Gasteiger partial charge in [-0.15, -0.1) is 11.3 Å². The van der Waals surface area contributed by atoms with Gasteiger partial charge >= 0.3 is 6.03 Å². The van der Waals surface area contributed by atoms with E-state index in [1.807, 2.05) is 30.5 Å². The summed E-state index contributed by atoms with van der Waals surface area (Å²) in [5.74, 6) is 0.418. The minimum atomic E-state index is -0.456. The molecule has 1 aromatic carbocycles. The zero-order chi connectivity index (χ0) is 19.2. The molecule has 0 aliphatic rings. The van der Waals surface area contributed by atoms with Crippen LogP contribution in [0.4, 0.5) is 9.18 Å². The standard InChI is InChI=1S/C20H21FN2O3S/c1-14(15-7-8-19(25-2)18(21)11-15)22-20(24)23(12-16-5-3-9-26-16)13-17-6-4-10-27-17/h3-11,14H,12-13H2,1-2H3,(H,22,24)/t14-/m1/s1. The highest BCUT2D eigenvalue weighted by Gasteiger charge is 2.19. The number of halogens is 1. The molecule has 2 amide bonds. The summed E-state index contributed by atoms with van der Waals surface area (Å²) >= 11 is 1.59. The largest absolute Gasteiger partial charge is 0.494 e. The van der Waals surface area contributed by atoms with Gasteiger partial charge in [0.05, 0.1) is 32.5 Å². The topological polar surface area (TPSA) is 54.7 Å². The number of carbonyl (C=O) groups excluding carboxylic acids is 1. The first-order chi connectivity index (χ1) is 13.1. The lowest BCUT2D eigenvalue weighted by molar-refractivity contribution is 0.184. The van der Waals surface area contributed by atoms with Crippen molar-refractivity contribution in [3.8, 4) is 5.75 Å². The number of amides is 2. The average molecular weight is 388 g/mol. The Bertz CT molecular complexity index is 829. The molecule has 0 spiro atoms. The van der Waals surface area contributed by atoms with E-state index in [0.717, 1.165) is 4.88 Å². The molecule has 3 rings (SSSR count). The van der Waals surface area contributed by atoms with Crippen LogP contribution < -0.4 is 10.1 Å². The van der Waals surface area contributed by atoms with E-state index in [0.29, 0.717) is 24.4 Å². The zero-order valence-electron chi connectivity index (χ0n) is 15.1. The summed E-state index contributed by atoms with van der Waals surface area (Å²) in [5, 5.41) is 4.90. The summed E-state index contributed by atoms with van der Waals surface area (Å²) in [4.78, 5) is 15.6. The fourth-order valence-electron chi connectivity index (χ4n) is 2.69. The first kappa shape index (κ1) is 19.0. The molecule has 0 unspecified atom stereocenters. The molecule has 0 saturated carbocycles. The first-order valence-corrected chi connectivity index (χ1v) is 9.38. The van der Waals surface area contributed by atoms with Crippen molar-refractivity contribution in [1.82, 2.24) is 10.2 Å². The number of rotatable bonds is 7. The highest BCUT2D eigenvalue weighted by atomic mass is 32.1. The van der Waals surface area contributed by atoms with Gasteiger partial charge in [-0.05, 0) is 48.2 Å². The van der Waals surface area contributed by atoms with Gasteiger partial charge in [0.25, 0.3) is 0 Å². The Morgan fingerprint density at radius 2 is 2.15 bits per heavy atom. The van der Waals surface area contributed by atoms with Crippen molar-refractivity contribution >= 4 is 17.4 Å². The highest BCUT2D eigenvalue weighted by molar-refractivity contribution is 7.09. The number of carbonyl (C=O) groups is 1. The van der Waals surface area contributed by atoms with Crippen molar-refractivity contribution in [1.29, 1.82) is 0 Å². The minimum Gasteiger partial charge on any atom is -0.494 e. The Morgan fingerprint density at radius 3 is 2.78 bits per heavy atom. The third-order valence-corrected chi connectivity index (χ3v) is 5.02. The number of hydrogen-bond acceptors (Lipinski definition) is 4. The van der Waals surface area contributed by atoms with Crippen molar-refractivity contribution in [3.05, 3.63) is 76.1 Å². The summed E-state index contributed by atoms with van der Waals surface area (Å²) in [6, 6.07) is 11.6. The van der Waals surface area contributed by atoms with Gasteiger partial charge in [0, 0.05) is 4.88 Å². The van der Waals surface area contributed by atoms with E-state index in [1.165, 1.54) is 13.2 Å². The molecular formula is C20H21FN2O3S. The molecule has 1 N–H and O–H groups in total. The van der Waals surface area contributed by atoms with Crippen LogP contribution in [0.3, 0.4) is 0 Å². The van der Waals surface area contributed by atoms with Crippen molar-refractivity contribution in [2.45, 2.75) is 26.1 Å². The molecule has 2 aromatic heterocycles. The second-order valence-corrected chi connectivity index (χ2v) is 7.11. The average Bonchev–Trinajstić information content (AvgIpc) is 3.35. The lowest BCUT2D eigenvalue weighted by Gasteiger charge is -2.24. The molecular weight excluding hydrogens is 367 g/mol. The van der Waals surface area contributed by atoms with Crippen LogP contribution in [0, 0.1) is 5.82 Å². The van der Waals surface area contributed by atoms with Gasteiger partial charge in [-0.1, -0.05) is 12.1 Å². The Balaban J connectivity index is 1.71. The number of hydrogen-bond donors (Lipinski definition) is 1. The van der Waals surface area contributed by atoms with Gasteiger partial charge in [-0.2, -0.15) is 0 Å². The van der Waals surface area contributed by atoms with Crippen LogP contribution >= 0.6 is 11.3 Å². The first-order valence-electron chi connectivity index (χ1n) is 8.50. The fourth-order valence-corrected chi connectivity index (χ4v) is 3.41. The van der Waals surface area contributed by atoms with Crippen molar-refractivity contribution in [2.24, 2.45) is 0 Å². The fraction of sp³-hybridized carbons (Fsp3) is 0.250. The predicted molar refractivity (Wildman–Crippen MR) is 102 cm³/mol. The number of urea groups is 1. The summed E-state index contributed by atoms with van der Waals surface area (Å²) in [7, 11) is 1.42. The molecule has 1 atom stereocenters. The van der Waals surface area contributed by atoms with Gasteiger partial charge < -0.3 is 19.4 Å². The van der Waals surface area contributed by atoms with Gasteiger partial charge in [0.1, 0.15) is 5.76 Å². The van der Waals surface area contributed by atoms with Crippen LogP contribution in [0.1, 0.15) is 29.2 Å². The van der Waals surface area contributed by atoms with Gasteiger partial charge in [-0.3, -0.25) is 0 Å². The summed E-state index contributed by atoms with van der Waals surface area (Å²) in [6.45, 7) is 2.63. The van der Waals surface area contributed by atoms with E-state index in [2.05, 4.69) is 5.32 Å². The Labute approximate surface area is 161 Å². The lowest BCUT2D eigenvalue weighted by Crippen LogP contribution is -2.40. The Kier molecular flexibility index (Phi) is 6.13. The van der Waals surface area contributed by atoms with Crippen molar-refractivity contribution in [2.75, 3.05) is 7.11 Å². The number of benzene rings is 1. The maximum atomic E-state index is 14.0. The predicted octanol–water partition coefficient (Wildman–Crippen LogP) is 4.96. The quantitative estimate of drug-likeness (QED) is 0.622.